The molecule has 0 bridgehead atoms. The number of nitrogens with zero attached hydrogens (tertiary/aromatic N) is 3. The van der Waals surface area contributed by atoms with E-state index in [9.17, 15) is 4.79 Å². The normalized spacial score (nSPS) is 14.6. The molecule has 0 saturated heterocycles. The lowest BCUT2D eigenvalue weighted by Gasteiger charge is -2.16. The van der Waals surface area contributed by atoms with Gasteiger partial charge < -0.3 is 15.2 Å². The highest BCUT2D eigenvalue weighted by atomic mass is 16.2. The van der Waals surface area contributed by atoms with Crippen LogP contribution in [0.5, 0.6) is 0 Å². The fraction of sp³-hybridized carbons (Fsp3) is 0.348. The molecule has 1 atom stereocenters. The van der Waals surface area contributed by atoms with Crippen LogP contribution in [0.25, 0.3) is 11.4 Å². The summed E-state index contributed by atoms with van der Waals surface area (Å²) in [6.07, 6.45) is 4.55. The van der Waals surface area contributed by atoms with E-state index in [1.54, 1.807) is 0 Å². The number of fused-ring (bicyclic) bond motifs is 1. The van der Waals surface area contributed by atoms with Crippen molar-refractivity contribution in [2.24, 2.45) is 0 Å². The molecule has 2 N–H and O–H groups in total. The summed E-state index contributed by atoms with van der Waals surface area (Å²) >= 11 is 0. The number of aryl methyl sites for hydroxylation is 2. The predicted octanol–water partition coefficient (Wildman–Crippen LogP) is 4.42. The van der Waals surface area contributed by atoms with Crippen molar-refractivity contribution in [1.82, 2.24) is 14.8 Å². The number of anilines is 2. The van der Waals surface area contributed by atoms with Crippen molar-refractivity contribution < 1.29 is 4.79 Å². The summed E-state index contributed by atoms with van der Waals surface area (Å²) in [5, 5.41) is 15.1. The Morgan fingerprint density at radius 1 is 1.03 bits per heavy atom. The summed E-state index contributed by atoms with van der Waals surface area (Å²) in [5.41, 5.74) is 3.87. The zero-order valence-electron chi connectivity index (χ0n) is 17.0. The average Bonchev–Trinajstić information content (AvgIpc) is 2.98. The molecular formula is C23H27N5O. The molecule has 0 fully saturated rings. The summed E-state index contributed by atoms with van der Waals surface area (Å²) in [5.74, 6) is 1.90. The number of hydrogen-bond acceptors (Lipinski definition) is 4. The van der Waals surface area contributed by atoms with Gasteiger partial charge >= 0.3 is 0 Å². The Labute approximate surface area is 171 Å². The summed E-state index contributed by atoms with van der Waals surface area (Å²) in [7, 11) is 0. The van der Waals surface area contributed by atoms with Gasteiger partial charge in [-0.25, -0.2) is 0 Å². The lowest BCUT2D eigenvalue weighted by atomic mass is 10.1. The molecule has 6 nitrogen and oxygen atoms in total. The van der Waals surface area contributed by atoms with Gasteiger partial charge in [-0.3, -0.25) is 4.79 Å². The van der Waals surface area contributed by atoms with Gasteiger partial charge in [0.05, 0.1) is 0 Å². The van der Waals surface area contributed by atoms with Crippen molar-refractivity contribution in [3.8, 4) is 11.4 Å². The summed E-state index contributed by atoms with van der Waals surface area (Å²) in [6.45, 7) is 4.85. The van der Waals surface area contributed by atoms with E-state index in [0.717, 1.165) is 53.5 Å². The summed E-state index contributed by atoms with van der Waals surface area (Å²) < 4.78 is 2.24. The standard InChI is InChI=1S/C23H27N5O/c1-16-10-12-19(13-11-16)25-23(29)17(2)24-20-8-6-7-18(15-20)22-27-26-21-9-4-3-5-14-28(21)22/h6-8,10-13,15,17,24H,3-5,9,14H2,1-2H3,(H,25,29). The first kappa shape index (κ1) is 19.2. The first-order chi connectivity index (χ1) is 14.1. The number of benzene rings is 2. The van der Waals surface area contributed by atoms with E-state index in [2.05, 4.69) is 25.4 Å². The van der Waals surface area contributed by atoms with Gasteiger partial charge in [0.15, 0.2) is 5.82 Å². The lowest BCUT2D eigenvalue weighted by Crippen LogP contribution is -2.31. The van der Waals surface area contributed by atoms with Crippen molar-refractivity contribution in [3.63, 3.8) is 0 Å². The second-order valence-electron chi connectivity index (χ2n) is 7.70. The van der Waals surface area contributed by atoms with Crippen LogP contribution < -0.4 is 10.6 Å². The molecule has 0 saturated carbocycles. The van der Waals surface area contributed by atoms with Gasteiger partial charge in [0.25, 0.3) is 0 Å². The fourth-order valence-corrected chi connectivity index (χ4v) is 3.65. The zero-order chi connectivity index (χ0) is 20.2. The molecule has 2 heterocycles. The number of carbonyl (C=O) groups is 1. The highest BCUT2D eigenvalue weighted by Crippen LogP contribution is 2.25. The Bertz CT molecular complexity index is 993. The average molecular weight is 390 g/mol. The van der Waals surface area contributed by atoms with E-state index in [1.807, 2.05) is 62.4 Å². The minimum Gasteiger partial charge on any atom is -0.374 e. The smallest absolute Gasteiger partial charge is 0.246 e. The van der Waals surface area contributed by atoms with Crippen molar-refractivity contribution in [2.45, 2.75) is 52.1 Å². The van der Waals surface area contributed by atoms with Crippen LogP contribution in [-0.4, -0.2) is 26.7 Å². The third-order valence-electron chi connectivity index (χ3n) is 5.33. The Morgan fingerprint density at radius 3 is 2.69 bits per heavy atom. The van der Waals surface area contributed by atoms with Crippen LogP contribution in [-0.2, 0) is 17.8 Å². The third kappa shape index (κ3) is 4.47. The maximum atomic E-state index is 12.5. The van der Waals surface area contributed by atoms with E-state index < -0.39 is 0 Å². The molecule has 1 aromatic heterocycles. The molecule has 2 aromatic carbocycles. The van der Waals surface area contributed by atoms with Gasteiger partial charge in [-0.15, -0.1) is 10.2 Å². The number of amides is 1. The number of aromatic nitrogens is 3. The van der Waals surface area contributed by atoms with E-state index in [-0.39, 0.29) is 11.9 Å². The third-order valence-corrected chi connectivity index (χ3v) is 5.33. The van der Waals surface area contributed by atoms with Gasteiger partial charge in [0.2, 0.25) is 5.91 Å². The predicted molar refractivity (Wildman–Crippen MR) is 116 cm³/mol. The van der Waals surface area contributed by atoms with Crippen molar-refractivity contribution >= 4 is 17.3 Å². The van der Waals surface area contributed by atoms with Crippen LogP contribution in [0.1, 0.15) is 37.6 Å². The van der Waals surface area contributed by atoms with E-state index in [4.69, 9.17) is 0 Å². The fourth-order valence-electron chi connectivity index (χ4n) is 3.65. The topological polar surface area (TPSA) is 71.8 Å². The SMILES string of the molecule is Cc1ccc(NC(=O)C(C)Nc2cccc(-c3nnc4n3CCCCC4)c2)cc1. The zero-order valence-corrected chi connectivity index (χ0v) is 17.0. The van der Waals surface area contributed by atoms with Gasteiger partial charge in [-0.1, -0.05) is 36.2 Å². The van der Waals surface area contributed by atoms with Crippen LogP contribution in [0, 0.1) is 6.92 Å². The van der Waals surface area contributed by atoms with Crippen LogP contribution in [0.4, 0.5) is 11.4 Å². The molecule has 0 aliphatic carbocycles. The molecular weight excluding hydrogens is 362 g/mol. The number of hydrogen-bond donors (Lipinski definition) is 2. The van der Waals surface area contributed by atoms with Crippen molar-refractivity contribution in [2.75, 3.05) is 10.6 Å². The molecule has 6 heteroatoms. The Balaban J connectivity index is 1.47. The summed E-state index contributed by atoms with van der Waals surface area (Å²) in [4.78, 5) is 12.5. The van der Waals surface area contributed by atoms with E-state index in [0.29, 0.717) is 0 Å². The molecule has 1 aliphatic rings. The van der Waals surface area contributed by atoms with E-state index >= 15 is 0 Å². The van der Waals surface area contributed by atoms with Crippen LogP contribution in [0.2, 0.25) is 0 Å². The van der Waals surface area contributed by atoms with Crippen molar-refractivity contribution in [1.29, 1.82) is 0 Å². The number of carbonyl (C=O) groups excluding carboxylic acids is 1. The molecule has 1 aliphatic heterocycles. The Hall–Kier alpha value is -3.15. The maximum Gasteiger partial charge on any atom is 0.246 e. The Kier molecular flexibility index (Phi) is 5.60. The van der Waals surface area contributed by atoms with Gasteiger partial charge in [-0.2, -0.15) is 0 Å². The lowest BCUT2D eigenvalue weighted by molar-refractivity contribution is -0.116. The molecule has 150 valence electrons. The number of nitrogens with one attached hydrogen (secondary N) is 2. The minimum absolute atomic E-state index is 0.0735. The molecule has 29 heavy (non-hydrogen) atoms. The summed E-state index contributed by atoms with van der Waals surface area (Å²) in [6, 6.07) is 15.5. The second-order valence-corrected chi connectivity index (χ2v) is 7.70. The molecule has 1 unspecified atom stereocenters. The van der Waals surface area contributed by atoms with Gasteiger partial charge in [0.1, 0.15) is 11.9 Å². The van der Waals surface area contributed by atoms with Crippen LogP contribution in [0.3, 0.4) is 0 Å². The second kappa shape index (κ2) is 8.47. The van der Waals surface area contributed by atoms with Crippen LogP contribution in [0.15, 0.2) is 48.5 Å². The first-order valence-corrected chi connectivity index (χ1v) is 10.3. The van der Waals surface area contributed by atoms with E-state index in [1.165, 1.54) is 12.8 Å². The molecule has 0 spiro atoms. The first-order valence-electron chi connectivity index (χ1n) is 10.3. The highest BCUT2D eigenvalue weighted by molar-refractivity contribution is 5.96. The van der Waals surface area contributed by atoms with Crippen LogP contribution >= 0.6 is 0 Å². The van der Waals surface area contributed by atoms with Gasteiger partial charge in [0, 0.05) is 29.9 Å². The number of rotatable bonds is 5. The van der Waals surface area contributed by atoms with Crippen molar-refractivity contribution in [3.05, 3.63) is 59.9 Å². The van der Waals surface area contributed by atoms with Gasteiger partial charge in [-0.05, 0) is 51.0 Å². The monoisotopic (exact) mass is 389 g/mol. The maximum absolute atomic E-state index is 12.5. The largest absolute Gasteiger partial charge is 0.374 e. The minimum atomic E-state index is -0.373. The molecule has 1 amide bonds. The molecule has 3 aromatic rings. The molecule has 4 rings (SSSR count). The molecule has 0 radical (unpaired) electrons. The highest BCUT2D eigenvalue weighted by Gasteiger charge is 2.17. The quantitative estimate of drug-likeness (QED) is 0.678. The Morgan fingerprint density at radius 2 is 1.86 bits per heavy atom.